The molecule has 0 unspecified atom stereocenters. The summed E-state index contributed by atoms with van der Waals surface area (Å²) >= 11 is 0. The van der Waals surface area contributed by atoms with Crippen LogP contribution in [0.15, 0.2) is 30.3 Å². The van der Waals surface area contributed by atoms with E-state index in [0.717, 1.165) is 5.56 Å². The van der Waals surface area contributed by atoms with Crippen molar-refractivity contribution < 1.29 is 14.4 Å². The third-order valence-electron chi connectivity index (χ3n) is 3.60. The molecule has 0 aromatic heterocycles. The molecule has 1 aromatic rings. The number of hydrogen-bond donors (Lipinski definition) is 1. The Kier molecular flexibility index (Phi) is 4.92. The zero-order chi connectivity index (χ0) is 15.2. The molecule has 0 spiro atoms. The Balaban J connectivity index is 1.78. The molecule has 2 rings (SSSR count). The van der Waals surface area contributed by atoms with Crippen LogP contribution in [-0.2, 0) is 20.8 Å². The zero-order valence-corrected chi connectivity index (χ0v) is 11.8. The average molecular weight is 289 g/mol. The summed E-state index contributed by atoms with van der Waals surface area (Å²) in [6.45, 7) is 1.62. The molecule has 0 atom stereocenters. The Bertz CT molecular complexity index is 522. The molecule has 1 aliphatic rings. The summed E-state index contributed by atoms with van der Waals surface area (Å²) in [6.07, 6.45) is 1.16. The number of rotatable bonds is 3. The predicted molar refractivity (Wildman–Crippen MR) is 77.1 cm³/mol. The van der Waals surface area contributed by atoms with Gasteiger partial charge in [-0.1, -0.05) is 30.3 Å². The van der Waals surface area contributed by atoms with E-state index in [2.05, 4.69) is 0 Å². The van der Waals surface area contributed by atoms with E-state index in [1.807, 2.05) is 30.3 Å². The van der Waals surface area contributed by atoms with Gasteiger partial charge in [0.1, 0.15) is 0 Å². The smallest absolute Gasteiger partial charge is 0.311 e. The van der Waals surface area contributed by atoms with Crippen molar-refractivity contribution in [1.82, 2.24) is 9.80 Å². The van der Waals surface area contributed by atoms with E-state index in [0.29, 0.717) is 39.0 Å². The summed E-state index contributed by atoms with van der Waals surface area (Å²) in [5.41, 5.74) is 6.10. The second-order valence-corrected chi connectivity index (χ2v) is 5.02. The highest BCUT2D eigenvalue weighted by Crippen LogP contribution is 2.08. The van der Waals surface area contributed by atoms with Crippen molar-refractivity contribution in [3.05, 3.63) is 35.9 Å². The maximum atomic E-state index is 12.1. The summed E-state index contributed by atoms with van der Waals surface area (Å²) in [6, 6.07) is 9.84. The minimum Gasteiger partial charge on any atom is -0.361 e. The maximum absolute atomic E-state index is 12.1. The van der Waals surface area contributed by atoms with Crippen molar-refractivity contribution in [3.63, 3.8) is 0 Å². The molecule has 3 amide bonds. The topological polar surface area (TPSA) is 83.7 Å². The van der Waals surface area contributed by atoms with Gasteiger partial charge in [-0.2, -0.15) is 0 Å². The van der Waals surface area contributed by atoms with Gasteiger partial charge in [0.05, 0.1) is 0 Å². The zero-order valence-electron chi connectivity index (χ0n) is 11.8. The molecule has 1 aliphatic heterocycles. The van der Waals surface area contributed by atoms with Crippen LogP contribution in [0.1, 0.15) is 12.0 Å². The summed E-state index contributed by atoms with van der Waals surface area (Å²) < 4.78 is 0. The van der Waals surface area contributed by atoms with Gasteiger partial charge < -0.3 is 15.5 Å². The van der Waals surface area contributed by atoms with Crippen LogP contribution in [0.25, 0.3) is 0 Å². The van der Waals surface area contributed by atoms with Crippen molar-refractivity contribution in [3.8, 4) is 0 Å². The van der Waals surface area contributed by atoms with Crippen molar-refractivity contribution in [2.45, 2.75) is 12.8 Å². The number of primary amides is 1. The highest BCUT2D eigenvalue weighted by Gasteiger charge is 2.26. The molecule has 0 radical (unpaired) electrons. The number of carbonyl (C=O) groups is 3. The van der Waals surface area contributed by atoms with E-state index in [-0.39, 0.29) is 5.91 Å². The lowest BCUT2D eigenvalue weighted by atomic mass is 10.1. The molecule has 112 valence electrons. The molecule has 1 aromatic carbocycles. The first kappa shape index (κ1) is 15.0. The number of aryl methyl sites for hydroxylation is 1. The molecule has 0 aliphatic carbocycles. The Morgan fingerprint density at radius 1 is 0.952 bits per heavy atom. The molecule has 1 fully saturated rings. The van der Waals surface area contributed by atoms with Crippen molar-refractivity contribution >= 4 is 17.7 Å². The van der Waals surface area contributed by atoms with Gasteiger partial charge in [-0.25, -0.2) is 0 Å². The molecular formula is C15H19N3O3. The predicted octanol–water partition coefficient (Wildman–Crippen LogP) is -0.225. The summed E-state index contributed by atoms with van der Waals surface area (Å²) in [4.78, 5) is 37.5. The van der Waals surface area contributed by atoms with Gasteiger partial charge in [-0.15, -0.1) is 0 Å². The number of amides is 3. The van der Waals surface area contributed by atoms with Gasteiger partial charge in [0.25, 0.3) is 0 Å². The Morgan fingerprint density at radius 2 is 1.52 bits per heavy atom. The van der Waals surface area contributed by atoms with E-state index in [4.69, 9.17) is 5.73 Å². The summed E-state index contributed by atoms with van der Waals surface area (Å²) in [5, 5.41) is 0. The first-order valence-corrected chi connectivity index (χ1v) is 6.98. The lowest BCUT2D eigenvalue weighted by Gasteiger charge is -2.34. The number of piperazine rings is 1. The quantitative estimate of drug-likeness (QED) is 0.781. The van der Waals surface area contributed by atoms with Crippen molar-refractivity contribution in [2.24, 2.45) is 5.73 Å². The van der Waals surface area contributed by atoms with Gasteiger partial charge >= 0.3 is 11.8 Å². The third kappa shape index (κ3) is 4.05. The SMILES string of the molecule is NC(=O)C(=O)N1CCN(C(=O)CCc2ccccc2)CC1. The second-order valence-electron chi connectivity index (χ2n) is 5.02. The normalized spacial score (nSPS) is 14.9. The molecule has 6 nitrogen and oxygen atoms in total. The second kappa shape index (κ2) is 6.88. The number of carbonyl (C=O) groups excluding carboxylic acids is 3. The lowest BCUT2D eigenvalue weighted by molar-refractivity contribution is -0.147. The van der Waals surface area contributed by atoms with Crippen LogP contribution in [0.2, 0.25) is 0 Å². The van der Waals surface area contributed by atoms with Crippen LogP contribution in [0.5, 0.6) is 0 Å². The standard InChI is InChI=1S/C15H19N3O3/c16-14(20)15(21)18-10-8-17(9-11-18)13(19)7-6-12-4-2-1-3-5-12/h1-5H,6-11H2,(H2,16,20). The molecule has 1 heterocycles. The van der Waals surface area contributed by atoms with E-state index in [9.17, 15) is 14.4 Å². The van der Waals surface area contributed by atoms with Gasteiger partial charge in [-0.05, 0) is 12.0 Å². The first-order valence-electron chi connectivity index (χ1n) is 6.98. The highest BCUT2D eigenvalue weighted by molar-refractivity contribution is 6.34. The van der Waals surface area contributed by atoms with Crippen molar-refractivity contribution in [1.29, 1.82) is 0 Å². The molecule has 21 heavy (non-hydrogen) atoms. The molecule has 1 saturated heterocycles. The van der Waals surface area contributed by atoms with E-state index in [1.54, 1.807) is 4.90 Å². The van der Waals surface area contributed by atoms with E-state index >= 15 is 0 Å². The van der Waals surface area contributed by atoms with Crippen LogP contribution >= 0.6 is 0 Å². The van der Waals surface area contributed by atoms with Gasteiger partial charge in [0, 0.05) is 32.6 Å². The number of hydrogen-bond acceptors (Lipinski definition) is 3. The Hall–Kier alpha value is -2.37. The van der Waals surface area contributed by atoms with Gasteiger partial charge in [0.15, 0.2) is 0 Å². The minimum absolute atomic E-state index is 0.0741. The van der Waals surface area contributed by atoms with Crippen molar-refractivity contribution in [2.75, 3.05) is 26.2 Å². The van der Waals surface area contributed by atoms with E-state index < -0.39 is 11.8 Å². The first-order chi connectivity index (χ1) is 10.1. The summed E-state index contributed by atoms with van der Waals surface area (Å²) in [7, 11) is 0. The maximum Gasteiger partial charge on any atom is 0.311 e. The number of benzene rings is 1. The molecule has 2 N–H and O–H groups in total. The highest BCUT2D eigenvalue weighted by atomic mass is 16.2. The van der Waals surface area contributed by atoms with E-state index in [1.165, 1.54) is 4.90 Å². The van der Waals surface area contributed by atoms with Crippen LogP contribution < -0.4 is 5.73 Å². The largest absolute Gasteiger partial charge is 0.361 e. The Labute approximate surface area is 123 Å². The van der Waals surface area contributed by atoms with Crippen LogP contribution in [0.3, 0.4) is 0 Å². The van der Waals surface area contributed by atoms with Crippen LogP contribution in [0, 0.1) is 0 Å². The summed E-state index contributed by atoms with van der Waals surface area (Å²) in [5.74, 6) is -1.55. The minimum atomic E-state index is -0.946. The molecule has 0 bridgehead atoms. The number of nitrogens with two attached hydrogens (primary N) is 1. The Morgan fingerprint density at radius 3 is 2.10 bits per heavy atom. The number of nitrogens with zero attached hydrogens (tertiary/aromatic N) is 2. The lowest BCUT2D eigenvalue weighted by Crippen LogP contribution is -2.53. The molecule has 0 saturated carbocycles. The van der Waals surface area contributed by atoms with Gasteiger partial charge in [0.2, 0.25) is 5.91 Å². The molecule has 6 heteroatoms. The fourth-order valence-corrected chi connectivity index (χ4v) is 2.37. The molecular weight excluding hydrogens is 270 g/mol. The van der Waals surface area contributed by atoms with Crippen LogP contribution in [0.4, 0.5) is 0 Å². The monoisotopic (exact) mass is 289 g/mol. The third-order valence-corrected chi connectivity index (χ3v) is 3.60. The fraction of sp³-hybridized carbons (Fsp3) is 0.400. The fourth-order valence-electron chi connectivity index (χ4n) is 2.37. The average Bonchev–Trinajstić information content (AvgIpc) is 2.53. The van der Waals surface area contributed by atoms with Gasteiger partial charge in [-0.3, -0.25) is 14.4 Å². The van der Waals surface area contributed by atoms with Crippen LogP contribution in [-0.4, -0.2) is 53.7 Å².